The van der Waals surface area contributed by atoms with Crippen molar-refractivity contribution in [3.8, 4) is 0 Å². The highest BCUT2D eigenvalue weighted by Crippen LogP contribution is 2.60. The molecule has 3 rings (SSSR count). The molecule has 1 saturated heterocycles. The first-order chi connectivity index (χ1) is 9.70. The first-order valence-corrected chi connectivity index (χ1v) is 7.79. The number of rotatable bonds is 1. The van der Waals surface area contributed by atoms with Crippen LogP contribution in [0.5, 0.6) is 0 Å². The topological polar surface area (TPSA) is 37.4 Å². The van der Waals surface area contributed by atoms with E-state index in [1.807, 2.05) is 20.8 Å². The van der Waals surface area contributed by atoms with Crippen molar-refractivity contribution in [1.29, 1.82) is 0 Å². The third kappa shape index (κ3) is 1.80. The summed E-state index contributed by atoms with van der Waals surface area (Å²) in [7, 11) is 0. The molecule has 5 heteroatoms. The highest BCUT2D eigenvalue weighted by atomic mass is 35.5. The van der Waals surface area contributed by atoms with Gasteiger partial charge in [0.1, 0.15) is 0 Å². The van der Waals surface area contributed by atoms with E-state index in [1.54, 1.807) is 18.2 Å². The summed E-state index contributed by atoms with van der Waals surface area (Å²) in [6, 6.07) is 4.87. The van der Waals surface area contributed by atoms with E-state index in [9.17, 15) is 9.59 Å². The Morgan fingerprint density at radius 2 is 1.81 bits per heavy atom. The van der Waals surface area contributed by atoms with Crippen molar-refractivity contribution in [2.24, 2.45) is 16.7 Å². The Balaban J connectivity index is 2.11. The molecule has 0 aromatic heterocycles. The van der Waals surface area contributed by atoms with Crippen molar-refractivity contribution in [2.45, 2.75) is 33.6 Å². The molecule has 2 bridgehead atoms. The predicted octanol–water partition coefficient (Wildman–Crippen LogP) is 4.31. The zero-order valence-electron chi connectivity index (χ0n) is 12.2. The number of benzene rings is 1. The fourth-order valence-corrected chi connectivity index (χ4v) is 3.98. The van der Waals surface area contributed by atoms with Gasteiger partial charge in [0, 0.05) is 5.92 Å². The van der Waals surface area contributed by atoms with Gasteiger partial charge in [-0.1, -0.05) is 44.0 Å². The van der Waals surface area contributed by atoms with E-state index < -0.39 is 5.41 Å². The van der Waals surface area contributed by atoms with Crippen molar-refractivity contribution < 1.29 is 9.59 Å². The van der Waals surface area contributed by atoms with E-state index in [2.05, 4.69) is 0 Å². The second kappa shape index (κ2) is 4.47. The molecule has 0 N–H and O–H groups in total. The minimum atomic E-state index is -0.516. The fraction of sp³-hybridized carbons (Fsp3) is 0.500. The number of hydrogen-bond donors (Lipinski definition) is 0. The maximum atomic E-state index is 13.0. The van der Waals surface area contributed by atoms with Crippen molar-refractivity contribution in [3.63, 3.8) is 0 Å². The Hall–Kier alpha value is -1.06. The Bertz CT molecular complexity index is 656. The number of carbonyl (C=O) groups excluding carboxylic acids is 2. The number of fused-ring (bicyclic) bond motifs is 2. The van der Waals surface area contributed by atoms with Gasteiger partial charge in [-0.15, -0.1) is 0 Å². The Morgan fingerprint density at radius 3 is 2.43 bits per heavy atom. The van der Waals surface area contributed by atoms with Crippen LogP contribution in [0.4, 0.5) is 5.69 Å². The van der Waals surface area contributed by atoms with Gasteiger partial charge in [0.25, 0.3) is 0 Å². The lowest BCUT2D eigenvalue weighted by Crippen LogP contribution is -2.59. The first-order valence-electron chi connectivity index (χ1n) is 7.03. The second-order valence-electron chi connectivity index (χ2n) is 6.72. The largest absolute Gasteiger partial charge is 0.274 e. The summed E-state index contributed by atoms with van der Waals surface area (Å²) >= 11 is 11.9. The van der Waals surface area contributed by atoms with Gasteiger partial charge in [0.2, 0.25) is 11.8 Å². The summed E-state index contributed by atoms with van der Waals surface area (Å²) in [6.45, 7) is 6.01. The minimum absolute atomic E-state index is 0.127. The standard InChI is InChI=1S/C16H17Cl2NO2/c1-15(2)10-6-7-16(15,3)14(21)19(13(10)20)9-4-5-11(17)12(18)8-9/h4-5,8,10H,6-7H2,1-3H3. The Kier molecular flexibility index (Phi) is 3.16. The van der Waals surface area contributed by atoms with Crippen LogP contribution >= 0.6 is 23.2 Å². The molecule has 1 aromatic carbocycles. The lowest BCUT2D eigenvalue weighted by molar-refractivity contribution is -0.146. The monoisotopic (exact) mass is 325 g/mol. The summed E-state index contributed by atoms with van der Waals surface area (Å²) in [6.07, 6.45) is 1.50. The zero-order valence-corrected chi connectivity index (χ0v) is 13.8. The van der Waals surface area contributed by atoms with Crippen molar-refractivity contribution in [3.05, 3.63) is 28.2 Å². The van der Waals surface area contributed by atoms with E-state index in [0.29, 0.717) is 15.7 Å². The molecule has 1 heterocycles. The summed E-state index contributed by atoms with van der Waals surface area (Å²) < 4.78 is 0. The number of halogens is 2. The second-order valence-corrected chi connectivity index (χ2v) is 7.54. The Labute approximate surface area is 134 Å². The van der Waals surface area contributed by atoms with Crippen LogP contribution < -0.4 is 4.90 Å². The highest BCUT2D eigenvalue weighted by Gasteiger charge is 2.64. The summed E-state index contributed by atoms with van der Waals surface area (Å²) in [4.78, 5) is 27.0. The van der Waals surface area contributed by atoms with E-state index >= 15 is 0 Å². The van der Waals surface area contributed by atoms with Crippen LogP contribution in [0.2, 0.25) is 10.0 Å². The molecule has 0 radical (unpaired) electrons. The average Bonchev–Trinajstić information content (AvgIpc) is 2.59. The van der Waals surface area contributed by atoms with Crippen LogP contribution in [0.1, 0.15) is 33.6 Å². The quantitative estimate of drug-likeness (QED) is 0.721. The van der Waals surface area contributed by atoms with Crippen molar-refractivity contribution in [1.82, 2.24) is 0 Å². The third-order valence-electron chi connectivity index (χ3n) is 5.58. The third-order valence-corrected chi connectivity index (χ3v) is 6.32. The molecule has 2 fully saturated rings. The van der Waals surface area contributed by atoms with E-state index in [1.165, 1.54) is 4.90 Å². The van der Waals surface area contributed by atoms with Crippen LogP contribution in [0.3, 0.4) is 0 Å². The predicted molar refractivity (Wildman–Crippen MR) is 83.6 cm³/mol. The van der Waals surface area contributed by atoms with Gasteiger partial charge in [0.15, 0.2) is 0 Å². The van der Waals surface area contributed by atoms with Crippen LogP contribution in [-0.2, 0) is 9.59 Å². The van der Waals surface area contributed by atoms with Crippen molar-refractivity contribution >= 4 is 40.7 Å². The number of imide groups is 1. The molecular weight excluding hydrogens is 309 g/mol. The summed E-state index contributed by atoms with van der Waals surface area (Å²) in [5, 5.41) is 0.754. The maximum Gasteiger partial charge on any atom is 0.240 e. The molecule has 2 atom stereocenters. The number of carbonyl (C=O) groups is 2. The zero-order chi connectivity index (χ0) is 15.6. The minimum Gasteiger partial charge on any atom is -0.274 e. The number of amides is 2. The van der Waals surface area contributed by atoms with Crippen LogP contribution in [0.25, 0.3) is 0 Å². The molecular formula is C16H17Cl2NO2. The van der Waals surface area contributed by atoms with Crippen LogP contribution in [0.15, 0.2) is 18.2 Å². The molecule has 21 heavy (non-hydrogen) atoms. The number of hydrogen-bond acceptors (Lipinski definition) is 2. The number of anilines is 1. The number of nitrogens with zero attached hydrogens (tertiary/aromatic N) is 1. The maximum absolute atomic E-state index is 13.0. The molecule has 1 aliphatic carbocycles. The van der Waals surface area contributed by atoms with Crippen LogP contribution in [0, 0.1) is 16.7 Å². The van der Waals surface area contributed by atoms with E-state index in [4.69, 9.17) is 23.2 Å². The molecule has 2 unspecified atom stereocenters. The van der Waals surface area contributed by atoms with Crippen LogP contribution in [-0.4, -0.2) is 11.8 Å². The van der Waals surface area contributed by atoms with Gasteiger partial charge < -0.3 is 0 Å². The van der Waals surface area contributed by atoms with Crippen molar-refractivity contribution in [2.75, 3.05) is 4.90 Å². The van der Waals surface area contributed by atoms with Gasteiger partial charge >= 0.3 is 0 Å². The van der Waals surface area contributed by atoms with E-state index in [0.717, 1.165) is 12.8 Å². The average molecular weight is 326 g/mol. The van der Waals surface area contributed by atoms with Gasteiger partial charge in [-0.3, -0.25) is 9.59 Å². The molecule has 1 saturated carbocycles. The summed E-state index contributed by atoms with van der Waals surface area (Å²) in [5.74, 6) is -0.391. The molecule has 1 aromatic rings. The molecule has 2 aliphatic rings. The van der Waals surface area contributed by atoms with Gasteiger partial charge in [-0.05, 0) is 36.5 Å². The van der Waals surface area contributed by atoms with Gasteiger partial charge in [-0.25, -0.2) is 4.90 Å². The van der Waals surface area contributed by atoms with Gasteiger partial charge in [0.05, 0.1) is 21.1 Å². The molecule has 2 amide bonds. The molecule has 3 nitrogen and oxygen atoms in total. The Morgan fingerprint density at radius 1 is 1.14 bits per heavy atom. The van der Waals surface area contributed by atoms with Gasteiger partial charge in [-0.2, -0.15) is 0 Å². The van der Waals surface area contributed by atoms with E-state index in [-0.39, 0.29) is 23.1 Å². The fourth-order valence-electron chi connectivity index (χ4n) is 3.69. The highest BCUT2D eigenvalue weighted by molar-refractivity contribution is 6.42. The summed E-state index contributed by atoms with van der Waals surface area (Å²) in [5.41, 5.74) is -0.320. The molecule has 112 valence electrons. The molecule has 1 aliphatic heterocycles. The first kappa shape index (κ1) is 14.9. The number of piperidine rings is 1. The SMILES string of the molecule is CC12CCC(C(=O)N(c3ccc(Cl)c(Cl)c3)C1=O)C2(C)C. The smallest absolute Gasteiger partial charge is 0.240 e. The molecule has 0 spiro atoms. The normalized spacial score (nSPS) is 30.9. The lowest BCUT2D eigenvalue weighted by Gasteiger charge is -2.47. The lowest BCUT2D eigenvalue weighted by atomic mass is 9.62.